The number of carboxylic acid groups (broad SMARTS) is 1. The molecule has 0 spiro atoms. The highest BCUT2D eigenvalue weighted by Crippen LogP contribution is 2.26. The number of nitrogens with zero attached hydrogens (tertiary/aromatic N) is 2. The Kier molecular flexibility index (Phi) is 5.89. The van der Waals surface area contributed by atoms with Gasteiger partial charge in [0.1, 0.15) is 6.54 Å². The van der Waals surface area contributed by atoms with Crippen molar-refractivity contribution < 1.29 is 14.7 Å². The third-order valence-corrected chi connectivity index (χ3v) is 5.03. The standard InChI is InChI=1S/C17H31N3O3/c1-17(2,3)20(16(22)23)12-15(21)18-13-8-4-5-9-14(13)19-10-6-7-11-19/h13-14H,4-12H2,1-3H3,(H,18,21)(H,22,23). The number of carbonyl (C=O) groups is 2. The summed E-state index contributed by atoms with van der Waals surface area (Å²) in [5.74, 6) is -0.182. The first-order valence-electron chi connectivity index (χ1n) is 8.83. The summed E-state index contributed by atoms with van der Waals surface area (Å²) >= 11 is 0. The minimum absolute atomic E-state index is 0.0952. The second kappa shape index (κ2) is 7.51. The van der Waals surface area contributed by atoms with Gasteiger partial charge in [-0.15, -0.1) is 0 Å². The molecule has 1 aliphatic heterocycles. The van der Waals surface area contributed by atoms with Crippen LogP contribution in [0.15, 0.2) is 0 Å². The fraction of sp³-hybridized carbons (Fsp3) is 0.882. The molecule has 0 radical (unpaired) electrons. The van der Waals surface area contributed by atoms with Crippen LogP contribution in [0.1, 0.15) is 59.3 Å². The van der Waals surface area contributed by atoms with Gasteiger partial charge in [-0.25, -0.2) is 4.79 Å². The molecule has 2 N–H and O–H groups in total. The minimum Gasteiger partial charge on any atom is -0.465 e. The third-order valence-electron chi connectivity index (χ3n) is 5.03. The summed E-state index contributed by atoms with van der Waals surface area (Å²) in [6.45, 7) is 7.58. The van der Waals surface area contributed by atoms with E-state index in [1.54, 1.807) is 0 Å². The van der Waals surface area contributed by atoms with Crippen LogP contribution in [0.25, 0.3) is 0 Å². The molecule has 132 valence electrons. The number of nitrogens with one attached hydrogen (secondary N) is 1. The maximum absolute atomic E-state index is 12.4. The van der Waals surface area contributed by atoms with Crippen molar-refractivity contribution in [2.24, 2.45) is 0 Å². The van der Waals surface area contributed by atoms with Crippen LogP contribution < -0.4 is 5.32 Å². The van der Waals surface area contributed by atoms with E-state index in [2.05, 4.69) is 10.2 Å². The van der Waals surface area contributed by atoms with Gasteiger partial charge in [0, 0.05) is 17.6 Å². The molecule has 2 aliphatic rings. The highest BCUT2D eigenvalue weighted by atomic mass is 16.4. The number of likely N-dealkylation sites (tertiary alicyclic amines) is 1. The summed E-state index contributed by atoms with van der Waals surface area (Å²) in [5.41, 5.74) is -0.579. The first kappa shape index (κ1) is 18.0. The number of carbonyl (C=O) groups excluding carboxylic acids is 1. The molecule has 1 heterocycles. The van der Waals surface area contributed by atoms with E-state index in [1.807, 2.05) is 20.8 Å². The lowest BCUT2D eigenvalue weighted by atomic mass is 9.89. The molecule has 6 nitrogen and oxygen atoms in total. The average molecular weight is 325 g/mol. The second-order valence-corrected chi connectivity index (χ2v) is 7.81. The molecule has 2 atom stereocenters. The molecule has 2 unspecified atom stereocenters. The average Bonchev–Trinajstić information content (AvgIpc) is 2.98. The summed E-state index contributed by atoms with van der Waals surface area (Å²) in [6.07, 6.45) is 5.92. The molecule has 1 saturated heterocycles. The number of hydrogen-bond donors (Lipinski definition) is 2. The van der Waals surface area contributed by atoms with E-state index in [-0.39, 0.29) is 18.5 Å². The minimum atomic E-state index is -1.05. The Hall–Kier alpha value is -1.30. The Morgan fingerprint density at radius 1 is 1.13 bits per heavy atom. The fourth-order valence-corrected chi connectivity index (χ4v) is 3.78. The van der Waals surface area contributed by atoms with Gasteiger partial charge in [0.05, 0.1) is 0 Å². The van der Waals surface area contributed by atoms with Gasteiger partial charge in [-0.3, -0.25) is 14.6 Å². The van der Waals surface area contributed by atoms with Gasteiger partial charge >= 0.3 is 6.09 Å². The lowest BCUT2D eigenvalue weighted by molar-refractivity contribution is -0.124. The molecule has 0 aromatic carbocycles. The molecule has 2 fully saturated rings. The first-order valence-corrected chi connectivity index (χ1v) is 8.83. The number of hydrogen-bond acceptors (Lipinski definition) is 3. The Balaban J connectivity index is 1.95. The van der Waals surface area contributed by atoms with Crippen LogP contribution in [-0.4, -0.2) is 64.2 Å². The van der Waals surface area contributed by atoms with Crippen molar-refractivity contribution in [1.82, 2.24) is 15.1 Å². The van der Waals surface area contributed by atoms with Crippen LogP contribution in [0, 0.1) is 0 Å². The molecule has 0 aromatic heterocycles. The molecular weight excluding hydrogens is 294 g/mol. The van der Waals surface area contributed by atoms with Gasteiger partial charge in [0.25, 0.3) is 0 Å². The van der Waals surface area contributed by atoms with Crippen LogP contribution in [-0.2, 0) is 4.79 Å². The SMILES string of the molecule is CC(C)(C)N(CC(=O)NC1CCCCC1N1CCCC1)C(=O)O. The second-order valence-electron chi connectivity index (χ2n) is 7.81. The van der Waals surface area contributed by atoms with E-state index in [9.17, 15) is 14.7 Å². The number of amides is 2. The summed E-state index contributed by atoms with van der Waals surface area (Å²) in [6, 6.07) is 0.577. The summed E-state index contributed by atoms with van der Waals surface area (Å²) in [5, 5.41) is 12.4. The zero-order chi connectivity index (χ0) is 17.0. The van der Waals surface area contributed by atoms with Gasteiger partial charge < -0.3 is 10.4 Å². The summed E-state index contributed by atoms with van der Waals surface area (Å²) in [7, 11) is 0. The summed E-state index contributed by atoms with van der Waals surface area (Å²) < 4.78 is 0. The fourth-order valence-electron chi connectivity index (χ4n) is 3.78. The van der Waals surface area contributed by atoms with Crippen molar-refractivity contribution in [3.63, 3.8) is 0 Å². The highest BCUT2D eigenvalue weighted by Gasteiger charge is 2.34. The maximum Gasteiger partial charge on any atom is 0.408 e. The van der Waals surface area contributed by atoms with Crippen molar-refractivity contribution in [3.05, 3.63) is 0 Å². The molecule has 2 rings (SSSR count). The lowest BCUT2D eigenvalue weighted by Crippen LogP contribution is -2.56. The predicted molar refractivity (Wildman–Crippen MR) is 89.5 cm³/mol. The summed E-state index contributed by atoms with van der Waals surface area (Å²) in [4.78, 5) is 27.5. The van der Waals surface area contributed by atoms with Crippen molar-refractivity contribution in [1.29, 1.82) is 0 Å². The third kappa shape index (κ3) is 4.83. The monoisotopic (exact) mass is 325 g/mol. The molecule has 1 aliphatic carbocycles. The van der Waals surface area contributed by atoms with Crippen LogP contribution in [0.3, 0.4) is 0 Å². The Bertz CT molecular complexity index is 427. The van der Waals surface area contributed by atoms with Crippen LogP contribution in [0.5, 0.6) is 0 Å². The van der Waals surface area contributed by atoms with Crippen molar-refractivity contribution in [2.75, 3.05) is 19.6 Å². The van der Waals surface area contributed by atoms with E-state index >= 15 is 0 Å². The molecule has 23 heavy (non-hydrogen) atoms. The molecule has 2 amide bonds. The zero-order valence-electron chi connectivity index (χ0n) is 14.7. The first-order chi connectivity index (χ1) is 10.8. The van der Waals surface area contributed by atoms with Gasteiger partial charge in [-0.05, 0) is 59.5 Å². The number of rotatable bonds is 4. The van der Waals surface area contributed by atoms with E-state index in [0.717, 1.165) is 32.4 Å². The predicted octanol–water partition coefficient (Wildman–Crippen LogP) is 2.29. The quantitative estimate of drug-likeness (QED) is 0.832. The molecule has 0 aromatic rings. The Labute approximate surface area is 139 Å². The molecular formula is C17H31N3O3. The van der Waals surface area contributed by atoms with Crippen LogP contribution in [0.2, 0.25) is 0 Å². The van der Waals surface area contributed by atoms with E-state index in [0.29, 0.717) is 6.04 Å². The van der Waals surface area contributed by atoms with Gasteiger partial charge in [0.2, 0.25) is 5.91 Å². The molecule has 1 saturated carbocycles. The van der Waals surface area contributed by atoms with Crippen molar-refractivity contribution in [2.45, 2.75) is 76.9 Å². The van der Waals surface area contributed by atoms with Gasteiger partial charge in [-0.2, -0.15) is 0 Å². The topological polar surface area (TPSA) is 72.9 Å². The van der Waals surface area contributed by atoms with Gasteiger partial charge in [0.15, 0.2) is 0 Å². The highest BCUT2D eigenvalue weighted by molar-refractivity contribution is 5.82. The van der Waals surface area contributed by atoms with Gasteiger partial charge in [-0.1, -0.05) is 12.8 Å². The Morgan fingerprint density at radius 2 is 1.74 bits per heavy atom. The zero-order valence-corrected chi connectivity index (χ0v) is 14.7. The normalized spacial score (nSPS) is 26.0. The largest absolute Gasteiger partial charge is 0.465 e. The maximum atomic E-state index is 12.4. The Morgan fingerprint density at radius 3 is 2.30 bits per heavy atom. The molecule has 0 bridgehead atoms. The van der Waals surface area contributed by atoms with E-state index in [1.165, 1.54) is 24.2 Å². The van der Waals surface area contributed by atoms with Crippen molar-refractivity contribution >= 4 is 12.0 Å². The van der Waals surface area contributed by atoms with E-state index in [4.69, 9.17) is 0 Å². The smallest absolute Gasteiger partial charge is 0.408 e. The van der Waals surface area contributed by atoms with Crippen LogP contribution >= 0.6 is 0 Å². The molecule has 6 heteroatoms. The van der Waals surface area contributed by atoms with Crippen LogP contribution in [0.4, 0.5) is 4.79 Å². The van der Waals surface area contributed by atoms with E-state index < -0.39 is 11.6 Å². The van der Waals surface area contributed by atoms with Crippen molar-refractivity contribution in [3.8, 4) is 0 Å². The lowest BCUT2D eigenvalue weighted by Gasteiger charge is -2.39.